The molecule has 1 saturated heterocycles. The molecule has 2 rings (SSSR count). The van der Waals surface area contributed by atoms with Gasteiger partial charge in [-0.3, -0.25) is 9.79 Å². The van der Waals surface area contributed by atoms with Gasteiger partial charge in [0.25, 0.3) is 0 Å². The van der Waals surface area contributed by atoms with Crippen molar-refractivity contribution in [1.29, 1.82) is 0 Å². The first-order valence-corrected chi connectivity index (χ1v) is 9.37. The average Bonchev–Trinajstić information content (AvgIpc) is 2.61. The first-order chi connectivity index (χ1) is 12.0. The van der Waals surface area contributed by atoms with Gasteiger partial charge in [0, 0.05) is 36.7 Å². The lowest BCUT2D eigenvalue weighted by Gasteiger charge is -2.33. The van der Waals surface area contributed by atoms with Crippen LogP contribution in [-0.4, -0.2) is 50.1 Å². The van der Waals surface area contributed by atoms with Gasteiger partial charge in [0.1, 0.15) is 0 Å². The van der Waals surface area contributed by atoms with Crippen LogP contribution in [0.4, 0.5) is 0 Å². The summed E-state index contributed by atoms with van der Waals surface area (Å²) in [5.74, 6) is 0.775. The maximum Gasteiger partial charge on any atom is 0.309 e. The van der Waals surface area contributed by atoms with Crippen LogP contribution < -0.4 is 5.32 Å². The molecule has 0 unspecified atom stereocenters. The van der Waals surface area contributed by atoms with E-state index in [0.29, 0.717) is 16.7 Å². The van der Waals surface area contributed by atoms with Gasteiger partial charge in [0.15, 0.2) is 5.96 Å². The number of carbonyl (C=O) groups is 1. The summed E-state index contributed by atoms with van der Waals surface area (Å²) in [5, 5.41) is 4.69. The second-order valence-corrected chi connectivity index (χ2v) is 6.82. The molecule has 1 fully saturated rings. The zero-order chi connectivity index (χ0) is 18.2. The fourth-order valence-corrected chi connectivity index (χ4v) is 3.46. The van der Waals surface area contributed by atoms with Crippen LogP contribution in [0.2, 0.25) is 10.0 Å². The summed E-state index contributed by atoms with van der Waals surface area (Å²) < 4.78 is 5.11. The van der Waals surface area contributed by atoms with Crippen molar-refractivity contribution in [1.82, 2.24) is 10.2 Å². The molecule has 1 heterocycles. The monoisotopic (exact) mass is 385 g/mol. The molecule has 7 heteroatoms. The lowest BCUT2D eigenvalue weighted by molar-refractivity contribution is -0.149. The molecule has 138 valence electrons. The van der Waals surface area contributed by atoms with Crippen molar-refractivity contribution in [2.24, 2.45) is 10.9 Å². The van der Waals surface area contributed by atoms with E-state index in [9.17, 15) is 4.79 Å². The number of ether oxygens (including phenoxy) is 1. The van der Waals surface area contributed by atoms with Crippen LogP contribution >= 0.6 is 23.2 Å². The Morgan fingerprint density at radius 1 is 1.36 bits per heavy atom. The van der Waals surface area contributed by atoms with Crippen molar-refractivity contribution in [2.45, 2.75) is 26.2 Å². The van der Waals surface area contributed by atoms with Crippen molar-refractivity contribution in [3.63, 3.8) is 0 Å². The molecule has 1 aliphatic heterocycles. The number of hydrogen-bond donors (Lipinski definition) is 1. The standard InChI is InChI=1S/C18H25Cl2N3O2/c1-3-25-17(24)14-7-10-23(11-8-14)18(21-2)22-9-6-13-4-5-15(19)12-16(13)20/h4-5,12,14H,3,6-11H2,1-2H3,(H,21,22). The smallest absolute Gasteiger partial charge is 0.309 e. The molecule has 1 aromatic carbocycles. The van der Waals surface area contributed by atoms with Crippen molar-refractivity contribution >= 4 is 35.1 Å². The molecule has 0 aromatic heterocycles. The van der Waals surface area contributed by atoms with Gasteiger partial charge < -0.3 is 15.0 Å². The molecule has 0 bridgehead atoms. The first-order valence-electron chi connectivity index (χ1n) is 8.61. The molecule has 1 aliphatic rings. The maximum absolute atomic E-state index is 11.8. The molecule has 0 saturated carbocycles. The highest BCUT2D eigenvalue weighted by molar-refractivity contribution is 6.35. The number of piperidine rings is 1. The number of aliphatic imine (C=N–C) groups is 1. The first kappa shape index (κ1) is 19.9. The second-order valence-electron chi connectivity index (χ2n) is 5.97. The van der Waals surface area contributed by atoms with Crippen LogP contribution in [0.25, 0.3) is 0 Å². The molecule has 0 spiro atoms. The summed E-state index contributed by atoms with van der Waals surface area (Å²) in [4.78, 5) is 18.3. The van der Waals surface area contributed by atoms with Gasteiger partial charge in [0.2, 0.25) is 0 Å². The van der Waals surface area contributed by atoms with E-state index in [1.165, 1.54) is 0 Å². The third kappa shape index (κ3) is 5.79. The molecule has 5 nitrogen and oxygen atoms in total. The van der Waals surface area contributed by atoms with E-state index in [0.717, 1.165) is 50.4 Å². The average molecular weight is 386 g/mol. The van der Waals surface area contributed by atoms with Gasteiger partial charge in [-0.05, 0) is 43.9 Å². The van der Waals surface area contributed by atoms with E-state index < -0.39 is 0 Å². The third-order valence-corrected chi connectivity index (χ3v) is 4.91. The number of hydrogen-bond acceptors (Lipinski definition) is 3. The van der Waals surface area contributed by atoms with E-state index in [1.54, 1.807) is 13.1 Å². The van der Waals surface area contributed by atoms with Crippen molar-refractivity contribution in [2.75, 3.05) is 33.3 Å². The number of guanidine groups is 1. The number of likely N-dealkylation sites (tertiary alicyclic amines) is 1. The molecule has 25 heavy (non-hydrogen) atoms. The Labute approximate surface area is 159 Å². The fraction of sp³-hybridized carbons (Fsp3) is 0.556. The largest absolute Gasteiger partial charge is 0.466 e. The number of nitrogens with zero attached hydrogens (tertiary/aromatic N) is 2. The third-order valence-electron chi connectivity index (χ3n) is 4.32. The van der Waals surface area contributed by atoms with Crippen molar-refractivity contribution < 1.29 is 9.53 Å². The van der Waals surface area contributed by atoms with Gasteiger partial charge in [-0.2, -0.15) is 0 Å². The van der Waals surface area contributed by atoms with E-state index in [2.05, 4.69) is 15.2 Å². The second kappa shape index (κ2) is 9.88. The van der Waals surface area contributed by atoms with Gasteiger partial charge >= 0.3 is 5.97 Å². The highest BCUT2D eigenvalue weighted by Gasteiger charge is 2.27. The number of rotatable bonds is 5. The number of nitrogens with one attached hydrogen (secondary N) is 1. The summed E-state index contributed by atoms with van der Waals surface area (Å²) in [6.45, 7) is 4.60. The summed E-state index contributed by atoms with van der Waals surface area (Å²) in [6.07, 6.45) is 2.37. The summed E-state index contributed by atoms with van der Waals surface area (Å²) >= 11 is 12.1. The summed E-state index contributed by atoms with van der Waals surface area (Å²) in [5.41, 5.74) is 1.05. The minimum Gasteiger partial charge on any atom is -0.466 e. The van der Waals surface area contributed by atoms with Crippen LogP contribution in [0.1, 0.15) is 25.3 Å². The van der Waals surface area contributed by atoms with E-state index in [1.807, 2.05) is 19.1 Å². The van der Waals surface area contributed by atoms with E-state index in [4.69, 9.17) is 27.9 Å². The normalized spacial score (nSPS) is 16.0. The number of carbonyl (C=O) groups excluding carboxylic acids is 1. The zero-order valence-corrected chi connectivity index (χ0v) is 16.2. The highest BCUT2D eigenvalue weighted by Crippen LogP contribution is 2.21. The molecule has 0 aliphatic carbocycles. The predicted octanol–water partition coefficient (Wildman–Crippen LogP) is 3.39. The van der Waals surface area contributed by atoms with Crippen molar-refractivity contribution in [3.05, 3.63) is 33.8 Å². The molecule has 1 N–H and O–H groups in total. The SMILES string of the molecule is CCOC(=O)C1CCN(C(=NC)NCCc2ccc(Cl)cc2Cl)CC1. The Kier molecular flexibility index (Phi) is 7.85. The lowest BCUT2D eigenvalue weighted by atomic mass is 9.97. The Morgan fingerprint density at radius 3 is 2.68 bits per heavy atom. The Hall–Kier alpha value is -1.46. The molecule has 0 amide bonds. The summed E-state index contributed by atoms with van der Waals surface area (Å²) in [6, 6.07) is 5.55. The van der Waals surface area contributed by atoms with Crippen LogP contribution in [0.15, 0.2) is 23.2 Å². The minimum atomic E-state index is -0.0810. The minimum absolute atomic E-state index is 0.00202. The van der Waals surface area contributed by atoms with Crippen molar-refractivity contribution in [3.8, 4) is 0 Å². The number of benzene rings is 1. The van der Waals surface area contributed by atoms with Crippen LogP contribution in [0.3, 0.4) is 0 Å². The quantitative estimate of drug-likeness (QED) is 0.479. The topological polar surface area (TPSA) is 53.9 Å². The zero-order valence-electron chi connectivity index (χ0n) is 14.7. The van der Waals surface area contributed by atoms with Gasteiger partial charge in [-0.1, -0.05) is 29.3 Å². The van der Waals surface area contributed by atoms with E-state index in [-0.39, 0.29) is 11.9 Å². The van der Waals surface area contributed by atoms with Gasteiger partial charge in [-0.25, -0.2) is 0 Å². The highest BCUT2D eigenvalue weighted by atomic mass is 35.5. The van der Waals surface area contributed by atoms with Gasteiger partial charge in [0.05, 0.1) is 12.5 Å². The maximum atomic E-state index is 11.8. The van der Waals surface area contributed by atoms with Gasteiger partial charge in [-0.15, -0.1) is 0 Å². The molecule has 1 aromatic rings. The molecule has 0 atom stereocenters. The van der Waals surface area contributed by atoms with Crippen LogP contribution in [0, 0.1) is 5.92 Å². The van der Waals surface area contributed by atoms with E-state index >= 15 is 0 Å². The van der Waals surface area contributed by atoms with Crippen LogP contribution in [0.5, 0.6) is 0 Å². The fourth-order valence-electron chi connectivity index (χ4n) is 2.95. The molecule has 0 radical (unpaired) electrons. The Morgan fingerprint density at radius 2 is 2.08 bits per heavy atom. The number of esters is 1. The molecular formula is C18H25Cl2N3O2. The Bertz CT molecular complexity index is 614. The van der Waals surface area contributed by atoms with Crippen LogP contribution in [-0.2, 0) is 16.0 Å². The Balaban J connectivity index is 1.80. The molecular weight excluding hydrogens is 361 g/mol. The summed E-state index contributed by atoms with van der Waals surface area (Å²) in [7, 11) is 1.77. The predicted molar refractivity (Wildman–Crippen MR) is 102 cm³/mol. The lowest BCUT2D eigenvalue weighted by Crippen LogP contribution is -2.47. The number of halogens is 2.